The van der Waals surface area contributed by atoms with Crippen molar-refractivity contribution in [3.05, 3.63) is 0 Å². The Labute approximate surface area is 213 Å². The van der Waals surface area contributed by atoms with Crippen LogP contribution in [0, 0.1) is 46.3 Å². The van der Waals surface area contributed by atoms with E-state index >= 15 is 0 Å². The van der Waals surface area contributed by atoms with Crippen LogP contribution in [0.3, 0.4) is 0 Å². The highest BCUT2D eigenvalue weighted by Crippen LogP contribution is 2.68. The molecule has 4 saturated carbocycles. The minimum absolute atomic E-state index is 0.0126. The first kappa shape index (κ1) is 26.0. The number of hydrogen-bond donors (Lipinski definition) is 1. The second-order valence-corrected chi connectivity index (χ2v) is 13.4. The van der Waals surface area contributed by atoms with Crippen LogP contribution in [0.5, 0.6) is 0 Å². The zero-order valence-corrected chi connectivity index (χ0v) is 22.7. The number of esters is 1. The maximum atomic E-state index is 12.5. The summed E-state index contributed by atoms with van der Waals surface area (Å²) < 4.78 is 11.0. The summed E-state index contributed by atoms with van der Waals surface area (Å²) in [7, 11) is 0. The van der Waals surface area contributed by atoms with Crippen molar-refractivity contribution >= 4 is 5.97 Å². The van der Waals surface area contributed by atoms with Crippen LogP contribution in [0.1, 0.15) is 91.4 Å². The summed E-state index contributed by atoms with van der Waals surface area (Å²) >= 11 is 0. The molecule has 5 nitrogen and oxygen atoms in total. The van der Waals surface area contributed by atoms with Gasteiger partial charge in [-0.25, -0.2) is 0 Å². The Hall–Kier alpha value is -0.650. The molecule has 0 aromatic rings. The van der Waals surface area contributed by atoms with Gasteiger partial charge in [-0.2, -0.15) is 0 Å². The number of carbonyl (C=O) groups is 1. The van der Waals surface area contributed by atoms with Gasteiger partial charge in [0.25, 0.3) is 0 Å². The van der Waals surface area contributed by atoms with Crippen LogP contribution in [0.25, 0.3) is 0 Å². The highest BCUT2D eigenvalue weighted by atomic mass is 16.5. The number of fused-ring (bicyclic) bond motifs is 5. The van der Waals surface area contributed by atoms with E-state index in [0.717, 1.165) is 57.5 Å². The maximum Gasteiger partial charge on any atom is 0.305 e. The Morgan fingerprint density at radius 3 is 2.69 bits per heavy atom. The molecule has 5 rings (SSSR count). The summed E-state index contributed by atoms with van der Waals surface area (Å²) in [5, 5.41) is 11.7. The first-order valence-corrected chi connectivity index (χ1v) is 15.0. The van der Waals surface area contributed by atoms with Gasteiger partial charge in [-0.1, -0.05) is 33.6 Å². The fraction of sp³-hybridized carbons (Fsp3) is 0.967. The highest BCUT2D eigenvalue weighted by Gasteiger charge is 2.63. The molecule has 1 aliphatic heterocycles. The third kappa shape index (κ3) is 4.83. The summed E-state index contributed by atoms with van der Waals surface area (Å²) in [6.45, 7) is 12.0. The topological polar surface area (TPSA) is 59.0 Å². The molecule has 200 valence electrons. The SMILES string of the molecule is C[C@H](CCC(=O)OCCN1CCOCC1)[C@H]1CC[C@H]2[C@@H]3CC[C@@H]4CCCC[C@]4(C)[C@H]3C[C@H](O)[C@]12C. The average molecular weight is 490 g/mol. The lowest BCUT2D eigenvalue weighted by Crippen LogP contribution is -2.58. The maximum absolute atomic E-state index is 12.5. The number of morpholine rings is 1. The van der Waals surface area contributed by atoms with Crippen molar-refractivity contribution in [2.24, 2.45) is 46.3 Å². The van der Waals surface area contributed by atoms with Crippen molar-refractivity contribution < 1.29 is 19.4 Å². The lowest BCUT2D eigenvalue weighted by atomic mass is 9.44. The third-order valence-corrected chi connectivity index (χ3v) is 12.0. The van der Waals surface area contributed by atoms with Gasteiger partial charge in [-0.05, 0) is 97.7 Å². The normalized spacial score (nSPS) is 44.7. The van der Waals surface area contributed by atoms with Gasteiger partial charge in [-0.3, -0.25) is 9.69 Å². The summed E-state index contributed by atoms with van der Waals surface area (Å²) in [4.78, 5) is 14.8. The van der Waals surface area contributed by atoms with E-state index in [4.69, 9.17) is 9.47 Å². The lowest BCUT2D eigenvalue weighted by molar-refractivity contribution is -0.168. The van der Waals surface area contributed by atoms with E-state index in [1.165, 1.54) is 51.4 Å². The van der Waals surface area contributed by atoms with Crippen molar-refractivity contribution in [3.63, 3.8) is 0 Å². The molecule has 0 radical (unpaired) electrons. The monoisotopic (exact) mass is 489 g/mol. The number of carbonyl (C=O) groups excluding carboxylic acids is 1. The molecule has 4 aliphatic carbocycles. The van der Waals surface area contributed by atoms with Gasteiger partial charge in [0, 0.05) is 26.1 Å². The van der Waals surface area contributed by atoms with Crippen LogP contribution in [-0.2, 0) is 14.3 Å². The molecule has 5 fully saturated rings. The van der Waals surface area contributed by atoms with Crippen LogP contribution in [0.15, 0.2) is 0 Å². The molecule has 1 N–H and O–H groups in total. The quantitative estimate of drug-likeness (QED) is 0.492. The number of hydrogen-bond acceptors (Lipinski definition) is 5. The predicted molar refractivity (Wildman–Crippen MR) is 138 cm³/mol. The molecule has 0 spiro atoms. The summed E-state index contributed by atoms with van der Waals surface area (Å²) in [6, 6.07) is 0. The molecule has 0 aromatic heterocycles. The van der Waals surface area contributed by atoms with Crippen LogP contribution in [-0.4, -0.2) is 61.5 Å². The Kier molecular flexibility index (Phi) is 7.88. The molecule has 35 heavy (non-hydrogen) atoms. The van der Waals surface area contributed by atoms with Gasteiger partial charge >= 0.3 is 5.97 Å². The first-order valence-electron chi connectivity index (χ1n) is 15.0. The molecule has 1 heterocycles. The third-order valence-electron chi connectivity index (χ3n) is 12.0. The number of aliphatic hydroxyl groups excluding tert-OH is 1. The Morgan fingerprint density at radius 1 is 1.09 bits per heavy atom. The van der Waals surface area contributed by atoms with E-state index in [1.807, 2.05) is 0 Å². The van der Waals surface area contributed by atoms with E-state index in [9.17, 15) is 9.90 Å². The minimum atomic E-state index is -0.193. The number of rotatable bonds is 7. The van der Waals surface area contributed by atoms with Crippen molar-refractivity contribution in [2.45, 2.75) is 97.5 Å². The van der Waals surface area contributed by atoms with Crippen molar-refractivity contribution in [2.75, 3.05) is 39.5 Å². The molecule has 0 unspecified atom stereocenters. The smallest absolute Gasteiger partial charge is 0.305 e. The van der Waals surface area contributed by atoms with E-state index in [1.54, 1.807) is 0 Å². The zero-order chi connectivity index (χ0) is 24.6. The van der Waals surface area contributed by atoms with E-state index < -0.39 is 0 Å². The summed E-state index contributed by atoms with van der Waals surface area (Å²) in [5.41, 5.74) is 0.469. The fourth-order valence-corrected chi connectivity index (χ4v) is 9.95. The molecular formula is C30H51NO4. The fourth-order valence-electron chi connectivity index (χ4n) is 9.95. The van der Waals surface area contributed by atoms with Gasteiger partial charge < -0.3 is 14.6 Å². The summed E-state index contributed by atoms with van der Waals surface area (Å²) in [5.74, 6) is 3.96. The van der Waals surface area contributed by atoms with Crippen molar-refractivity contribution in [1.29, 1.82) is 0 Å². The highest BCUT2D eigenvalue weighted by molar-refractivity contribution is 5.69. The standard InChI is InChI=1S/C30H51NO4/c1-21(7-12-28(33)35-19-16-31-14-17-34-18-15-31)24-10-11-25-23-9-8-22-6-4-5-13-29(22,2)26(23)20-27(32)30(24,25)3/h21-27,32H,4-20H2,1-3H3/t21-,22+,23+,24-,25+,26+,27+,29+,30-/m1/s1. The van der Waals surface area contributed by atoms with Gasteiger partial charge in [-0.15, -0.1) is 0 Å². The van der Waals surface area contributed by atoms with Crippen molar-refractivity contribution in [1.82, 2.24) is 4.90 Å². The Morgan fingerprint density at radius 2 is 1.89 bits per heavy atom. The molecule has 0 aromatic carbocycles. The average Bonchev–Trinajstić information content (AvgIpc) is 3.22. The van der Waals surface area contributed by atoms with Gasteiger partial charge in [0.1, 0.15) is 6.61 Å². The Balaban J connectivity index is 1.16. The molecule has 5 heteroatoms. The second kappa shape index (κ2) is 10.6. The largest absolute Gasteiger partial charge is 0.464 e. The second-order valence-electron chi connectivity index (χ2n) is 13.4. The van der Waals surface area contributed by atoms with Crippen LogP contribution in [0.2, 0.25) is 0 Å². The summed E-state index contributed by atoms with van der Waals surface area (Å²) in [6.07, 6.45) is 13.1. The number of ether oxygens (including phenoxy) is 2. The van der Waals surface area contributed by atoms with Crippen LogP contribution >= 0.6 is 0 Å². The van der Waals surface area contributed by atoms with Gasteiger partial charge in [0.15, 0.2) is 0 Å². The molecular weight excluding hydrogens is 438 g/mol. The van der Waals surface area contributed by atoms with E-state index in [-0.39, 0.29) is 17.5 Å². The van der Waals surface area contributed by atoms with Crippen LogP contribution < -0.4 is 0 Å². The van der Waals surface area contributed by atoms with Gasteiger partial charge in [0.2, 0.25) is 0 Å². The van der Waals surface area contributed by atoms with Crippen LogP contribution in [0.4, 0.5) is 0 Å². The van der Waals surface area contributed by atoms with E-state index in [2.05, 4.69) is 25.7 Å². The Bertz CT molecular complexity index is 738. The molecule has 5 aliphatic rings. The molecule has 0 amide bonds. The van der Waals surface area contributed by atoms with E-state index in [0.29, 0.717) is 42.1 Å². The minimum Gasteiger partial charge on any atom is -0.464 e. The first-order chi connectivity index (χ1) is 16.8. The molecule has 9 atom stereocenters. The predicted octanol–water partition coefficient (Wildman–Crippen LogP) is 5.30. The number of nitrogens with zero attached hydrogens (tertiary/aromatic N) is 1. The zero-order valence-electron chi connectivity index (χ0n) is 22.7. The number of aliphatic hydroxyl groups is 1. The van der Waals surface area contributed by atoms with Gasteiger partial charge in [0.05, 0.1) is 19.3 Å². The molecule has 0 bridgehead atoms. The lowest BCUT2D eigenvalue weighted by Gasteiger charge is -2.62. The molecule has 1 saturated heterocycles. The van der Waals surface area contributed by atoms with Crippen molar-refractivity contribution in [3.8, 4) is 0 Å².